The average Bonchev–Trinajstić information content (AvgIpc) is 3.24. The SMILES string of the molecule is CN=C(NCc1c(C)nn(C)c1C)NC1CC(C)N(C2CC2)C1. The first-order valence-corrected chi connectivity index (χ1v) is 8.71. The van der Waals surface area contributed by atoms with E-state index in [1.165, 1.54) is 30.5 Å². The van der Waals surface area contributed by atoms with Crippen molar-refractivity contribution in [2.45, 2.75) is 64.7 Å². The highest BCUT2D eigenvalue weighted by molar-refractivity contribution is 5.80. The highest BCUT2D eigenvalue weighted by Gasteiger charge is 2.38. The molecule has 0 aromatic carbocycles. The average molecular weight is 318 g/mol. The first kappa shape index (κ1) is 16.3. The molecule has 1 aromatic heterocycles. The number of hydrogen-bond donors (Lipinski definition) is 2. The number of hydrogen-bond acceptors (Lipinski definition) is 3. The third kappa shape index (κ3) is 3.52. The van der Waals surface area contributed by atoms with Crippen LogP contribution in [0.2, 0.25) is 0 Å². The lowest BCUT2D eigenvalue weighted by Crippen LogP contribution is -2.44. The van der Waals surface area contributed by atoms with E-state index < -0.39 is 0 Å². The second kappa shape index (κ2) is 6.51. The molecule has 1 saturated heterocycles. The van der Waals surface area contributed by atoms with Gasteiger partial charge in [-0.15, -0.1) is 0 Å². The summed E-state index contributed by atoms with van der Waals surface area (Å²) in [4.78, 5) is 7.05. The molecule has 6 nitrogen and oxygen atoms in total. The Morgan fingerprint density at radius 3 is 2.65 bits per heavy atom. The summed E-state index contributed by atoms with van der Waals surface area (Å²) in [6.07, 6.45) is 3.95. The van der Waals surface area contributed by atoms with Crippen molar-refractivity contribution in [3.63, 3.8) is 0 Å². The predicted molar refractivity (Wildman–Crippen MR) is 93.6 cm³/mol. The second-order valence-electron chi connectivity index (χ2n) is 7.05. The van der Waals surface area contributed by atoms with Gasteiger partial charge in [0.15, 0.2) is 5.96 Å². The number of likely N-dealkylation sites (tertiary alicyclic amines) is 1. The fraction of sp³-hybridized carbons (Fsp3) is 0.765. The van der Waals surface area contributed by atoms with Gasteiger partial charge >= 0.3 is 0 Å². The molecule has 1 saturated carbocycles. The van der Waals surface area contributed by atoms with Gasteiger partial charge in [0.05, 0.1) is 5.69 Å². The highest BCUT2D eigenvalue weighted by Crippen LogP contribution is 2.33. The Labute approximate surface area is 139 Å². The fourth-order valence-corrected chi connectivity index (χ4v) is 3.71. The molecule has 23 heavy (non-hydrogen) atoms. The summed E-state index contributed by atoms with van der Waals surface area (Å²) in [6, 6.07) is 2.02. The molecule has 1 aromatic rings. The van der Waals surface area contributed by atoms with Gasteiger partial charge in [-0.05, 0) is 40.0 Å². The number of aliphatic imine (C=N–C) groups is 1. The molecule has 0 radical (unpaired) electrons. The van der Waals surface area contributed by atoms with E-state index in [0.717, 1.165) is 30.8 Å². The third-order valence-corrected chi connectivity index (χ3v) is 5.29. The smallest absolute Gasteiger partial charge is 0.191 e. The molecule has 2 aliphatic rings. The van der Waals surface area contributed by atoms with E-state index in [2.05, 4.69) is 46.4 Å². The first-order chi connectivity index (χ1) is 11.0. The van der Waals surface area contributed by atoms with E-state index >= 15 is 0 Å². The van der Waals surface area contributed by atoms with E-state index in [9.17, 15) is 0 Å². The summed E-state index contributed by atoms with van der Waals surface area (Å²) >= 11 is 0. The van der Waals surface area contributed by atoms with E-state index in [1.807, 2.05) is 18.8 Å². The molecule has 6 heteroatoms. The summed E-state index contributed by atoms with van der Waals surface area (Å²) in [7, 11) is 3.83. The van der Waals surface area contributed by atoms with Crippen LogP contribution in [-0.4, -0.2) is 52.4 Å². The van der Waals surface area contributed by atoms with Gasteiger partial charge < -0.3 is 10.6 Å². The van der Waals surface area contributed by atoms with Crippen LogP contribution in [0.5, 0.6) is 0 Å². The zero-order chi connectivity index (χ0) is 16.6. The molecule has 1 aliphatic heterocycles. The van der Waals surface area contributed by atoms with Crippen LogP contribution in [0.3, 0.4) is 0 Å². The molecule has 3 rings (SSSR count). The number of guanidine groups is 1. The molecule has 2 fully saturated rings. The molecule has 2 atom stereocenters. The molecule has 2 N–H and O–H groups in total. The Balaban J connectivity index is 1.54. The number of aromatic nitrogens is 2. The zero-order valence-electron chi connectivity index (χ0n) is 15.1. The fourth-order valence-electron chi connectivity index (χ4n) is 3.71. The molecule has 0 bridgehead atoms. The molecule has 2 unspecified atom stereocenters. The molecule has 1 aliphatic carbocycles. The lowest BCUT2D eigenvalue weighted by atomic mass is 10.2. The van der Waals surface area contributed by atoms with Crippen molar-refractivity contribution >= 4 is 5.96 Å². The van der Waals surface area contributed by atoms with Crippen molar-refractivity contribution in [2.24, 2.45) is 12.0 Å². The van der Waals surface area contributed by atoms with Crippen molar-refractivity contribution < 1.29 is 0 Å². The van der Waals surface area contributed by atoms with Gasteiger partial charge in [0, 0.05) is 56.6 Å². The lowest BCUT2D eigenvalue weighted by molar-refractivity contribution is 0.256. The minimum Gasteiger partial charge on any atom is -0.352 e. The lowest BCUT2D eigenvalue weighted by Gasteiger charge is -2.20. The zero-order valence-corrected chi connectivity index (χ0v) is 15.1. The minimum atomic E-state index is 0.493. The maximum Gasteiger partial charge on any atom is 0.191 e. The normalized spacial score (nSPS) is 25.9. The van der Waals surface area contributed by atoms with Gasteiger partial charge in [0.2, 0.25) is 0 Å². The largest absolute Gasteiger partial charge is 0.352 e. The Bertz CT molecular complexity index is 586. The van der Waals surface area contributed by atoms with Crippen LogP contribution >= 0.6 is 0 Å². The van der Waals surface area contributed by atoms with Gasteiger partial charge in [0.1, 0.15) is 0 Å². The molecule has 0 spiro atoms. The number of nitrogens with zero attached hydrogens (tertiary/aromatic N) is 4. The Kier molecular flexibility index (Phi) is 4.62. The van der Waals surface area contributed by atoms with Crippen LogP contribution < -0.4 is 10.6 Å². The van der Waals surface area contributed by atoms with Gasteiger partial charge in [0.25, 0.3) is 0 Å². The van der Waals surface area contributed by atoms with Gasteiger partial charge in [-0.3, -0.25) is 14.6 Å². The maximum atomic E-state index is 4.47. The number of aryl methyl sites for hydroxylation is 2. The minimum absolute atomic E-state index is 0.493. The molecular formula is C17H30N6. The van der Waals surface area contributed by atoms with Crippen molar-refractivity contribution in [3.8, 4) is 0 Å². The van der Waals surface area contributed by atoms with Crippen LogP contribution in [0.15, 0.2) is 4.99 Å². The number of nitrogens with one attached hydrogen (secondary N) is 2. The van der Waals surface area contributed by atoms with Crippen molar-refractivity contribution in [2.75, 3.05) is 13.6 Å². The van der Waals surface area contributed by atoms with E-state index in [4.69, 9.17) is 0 Å². The summed E-state index contributed by atoms with van der Waals surface area (Å²) < 4.78 is 1.94. The molecule has 0 amide bonds. The molecule has 2 heterocycles. The predicted octanol–water partition coefficient (Wildman–Crippen LogP) is 1.33. The Morgan fingerprint density at radius 1 is 1.35 bits per heavy atom. The van der Waals surface area contributed by atoms with Crippen LogP contribution in [0.4, 0.5) is 0 Å². The third-order valence-electron chi connectivity index (χ3n) is 5.29. The van der Waals surface area contributed by atoms with Gasteiger partial charge in [-0.1, -0.05) is 0 Å². The second-order valence-corrected chi connectivity index (χ2v) is 7.05. The van der Waals surface area contributed by atoms with E-state index in [0.29, 0.717) is 12.1 Å². The standard InChI is InChI=1S/C17H30N6/c1-11-8-14(10-23(11)15-6-7-15)20-17(18-4)19-9-16-12(2)21-22(5)13(16)3/h11,14-15H,6-10H2,1-5H3,(H2,18,19,20). The number of rotatable bonds is 4. The summed E-state index contributed by atoms with van der Waals surface area (Å²) in [6.45, 7) is 8.42. The van der Waals surface area contributed by atoms with Crippen LogP contribution in [0.1, 0.15) is 43.1 Å². The van der Waals surface area contributed by atoms with E-state index in [-0.39, 0.29) is 0 Å². The monoisotopic (exact) mass is 318 g/mol. The summed E-state index contributed by atoms with van der Waals surface area (Å²) in [5.74, 6) is 0.891. The highest BCUT2D eigenvalue weighted by atomic mass is 15.3. The van der Waals surface area contributed by atoms with Crippen LogP contribution in [0, 0.1) is 13.8 Å². The summed E-state index contributed by atoms with van der Waals surface area (Å²) in [5.41, 5.74) is 3.55. The molecule has 128 valence electrons. The maximum absolute atomic E-state index is 4.47. The van der Waals surface area contributed by atoms with Crippen molar-refractivity contribution in [3.05, 3.63) is 17.0 Å². The van der Waals surface area contributed by atoms with Crippen LogP contribution in [0.25, 0.3) is 0 Å². The summed E-state index contributed by atoms with van der Waals surface area (Å²) in [5, 5.41) is 11.5. The van der Waals surface area contributed by atoms with Crippen molar-refractivity contribution in [1.82, 2.24) is 25.3 Å². The van der Waals surface area contributed by atoms with Crippen molar-refractivity contribution in [1.29, 1.82) is 0 Å². The first-order valence-electron chi connectivity index (χ1n) is 8.71. The topological polar surface area (TPSA) is 57.5 Å². The quantitative estimate of drug-likeness (QED) is 0.649. The Hall–Kier alpha value is -1.56. The molecular weight excluding hydrogens is 288 g/mol. The van der Waals surface area contributed by atoms with Gasteiger partial charge in [-0.25, -0.2) is 0 Å². The van der Waals surface area contributed by atoms with Crippen LogP contribution in [-0.2, 0) is 13.6 Å². The van der Waals surface area contributed by atoms with E-state index in [1.54, 1.807) is 0 Å². The Morgan fingerprint density at radius 2 is 2.09 bits per heavy atom. The van der Waals surface area contributed by atoms with Gasteiger partial charge in [-0.2, -0.15) is 5.10 Å².